The molecular formula is C19H26N2O3. The van der Waals surface area contributed by atoms with E-state index >= 15 is 0 Å². The van der Waals surface area contributed by atoms with Crippen molar-refractivity contribution in [3.63, 3.8) is 0 Å². The van der Waals surface area contributed by atoms with Crippen molar-refractivity contribution in [3.05, 3.63) is 29.8 Å². The lowest BCUT2D eigenvalue weighted by atomic mass is 9.85. The summed E-state index contributed by atoms with van der Waals surface area (Å²) in [5.41, 5.74) is 0.655. The molecule has 1 aliphatic heterocycles. The van der Waals surface area contributed by atoms with Crippen LogP contribution in [0.25, 0.3) is 0 Å². The lowest BCUT2D eigenvalue weighted by Crippen LogP contribution is -2.44. The van der Waals surface area contributed by atoms with Crippen LogP contribution in [0.3, 0.4) is 0 Å². The number of hydrogen-bond donors (Lipinski definition) is 2. The van der Waals surface area contributed by atoms with Gasteiger partial charge in [0.2, 0.25) is 11.8 Å². The molecule has 1 heterocycles. The molecule has 0 aliphatic carbocycles. The number of ketones is 1. The number of anilines is 1. The van der Waals surface area contributed by atoms with Gasteiger partial charge in [0.15, 0.2) is 11.7 Å². The molecule has 1 saturated heterocycles. The van der Waals surface area contributed by atoms with Crippen molar-refractivity contribution in [1.29, 1.82) is 0 Å². The highest BCUT2D eigenvalue weighted by molar-refractivity contribution is 6.27. The van der Waals surface area contributed by atoms with Crippen LogP contribution in [0.5, 0.6) is 0 Å². The first kappa shape index (κ1) is 18.2. The van der Waals surface area contributed by atoms with Crippen LogP contribution in [-0.4, -0.2) is 23.1 Å². The topological polar surface area (TPSA) is 75.3 Å². The minimum atomic E-state index is -1.28. The fraction of sp³-hybridized carbons (Fsp3) is 0.526. The summed E-state index contributed by atoms with van der Waals surface area (Å²) < 4.78 is 0. The summed E-state index contributed by atoms with van der Waals surface area (Å²) in [5.74, 6) is -2.24. The largest absolute Gasteiger partial charge is 0.343 e. The minimum absolute atomic E-state index is 0.223. The van der Waals surface area contributed by atoms with E-state index in [0.717, 1.165) is 5.56 Å². The maximum absolute atomic E-state index is 12.7. The molecule has 2 amide bonds. The van der Waals surface area contributed by atoms with Crippen LogP contribution < -0.4 is 10.6 Å². The van der Waals surface area contributed by atoms with Crippen LogP contribution in [0.4, 0.5) is 5.69 Å². The first-order chi connectivity index (χ1) is 11.2. The van der Waals surface area contributed by atoms with Crippen LogP contribution in [0.15, 0.2) is 24.3 Å². The molecule has 24 heavy (non-hydrogen) atoms. The second-order valence-electron chi connectivity index (χ2n) is 7.45. The third-order valence-electron chi connectivity index (χ3n) is 4.39. The Labute approximate surface area is 143 Å². The van der Waals surface area contributed by atoms with Crippen molar-refractivity contribution in [2.24, 2.45) is 11.8 Å². The van der Waals surface area contributed by atoms with Crippen molar-refractivity contribution in [3.8, 4) is 0 Å². The number of hydrogen-bond acceptors (Lipinski definition) is 3. The highest BCUT2D eigenvalue weighted by Crippen LogP contribution is 2.29. The summed E-state index contributed by atoms with van der Waals surface area (Å²) in [5, 5.41) is 5.48. The Balaban J connectivity index is 2.22. The highest BCUT2D eigenvalue weighted by Gasteiger charge is 2.52. The van der Waals surface area contributed by atoms with Gasteiger partial charge in [-0.2, -0.15) is 0 Å². The Hall–Kier alpha value is -2.17. The van der Waals surface area contributed by atoms with Crippen molar-refractivity contribution < 1.29 is 14.4 Å². The predicted molar refractivity (Wildman–Crippen MR) is 93.7 cm³/mol. The van der Waals surface area contributed by atoms with E-state index in [-0.39, 0.29) is 17.6 Å². The van der Waals surface area contributed by atoms with E-state index in [1.165, 1.54) is 0 Å². The van der Waals surface area contributed by atoms with Gasteiger partial charge in [0, 0.05) is 5.69 Å². The zero-order valence-corrected chi connectivity index (χ0v) is 15.0. The molecule has 0 spiro atoms. The van der Waals surface area contributed by atoms with Gasteiger partial charge in [-0.1, -0.05) is 45.9 Å². The van der Waals surface area contributed by atoms with Crippen LogP contribution in [0.1, 0.15) is 52.5 Å². The Morgan fingerprint density at radius 2 is 1.83 bits per heavy atom. The summed E-state index contributed by atoms with van der Waals surface area (Å²) >= 11 is 0. The van der Waals surface area contributed by atoms with E-state index in [1.54, 1.807) is 13.0 Å². The maximum atomic E-state index is 12.7. The molecule has 2 rings (SSSR count). The quantitative estimate of drug-likeness (QED) is 0.815. The zero-order valence-electron chi connectivity index (χ0n) is 15.0. The normalized spacial score (nSPS) is 23.7. The smallest absolute Gasteiger partial charge is 0.244 e. The monoisotopic (exact) mass is 330 g/mol. The van der Waals surface area contributed by atoms with E-state index < -0.39 is 23.3 Å². The Bertz CT molecular complexity index is 666. The van der Waals surface area contributed by atoms with Gasteiger partial charge in [-0.15, -0.1) is 0 Å². The lowest BCUT2D eigenvalue weighted by Gasteiger charge is -2.24. The molecule has 5 heteroatoms. The number of benzene rings is 1. The fourth-order valence-electron chi connectivity index (χ4n) is 3.37. The van der Waals surface area contributed by atoms with Crippen molar-refractivity contribution in [2.75, 3.05) is 5.32 Å². The molecule has 1 aromatic rings. The average molecular weight is 330 g/mol. The van der Waals surface area contributed by atoms with Gasteiger partial charge in [0.1, 0.15) is 0 Å². The molecular weight excluding hydrogens is 304 g/mol. The first-order valence-corrected chi connectivity index (χ1v) is 8.42. The number of Topliss-reactive ketones (excluding diaryl/α,β-unsaturated/α-hetero) is 1. The molecule has 0 aromatic heterocycles. The molecule has 2 unspecified atom stereocenters. The summed E-state index contributed by atoms with van der Waals surface area (Å²) in [6, 6.07) is 7.44. The Morgan fingerprint density at radius 3 is 2.42 bits per heavy atom. The van der Waals surface area contributed by atoms with Crippen molar-refractivity contribution in [1.82, 2.24) is 5.32 Å². The van der Waals surface area contributed by atoms with Gasteiger partial charge in [0.25, 0.3) is 0 Å². The fourth-order valence-corrected chi connectivity index (χ4v) is 3.37. The molecule has 0 saturated carbocycles. The van der Waals surface area contributed by atoms with Gasteiger partial charge in [-0.3, -0.25) is 14.4 Å². The van der Waals surface area contributed by atoms with E-state index in [1.807, 2.05) is 45.9 Å². The molecule has 1 aliphatic rings. The van der Waals surface area contributed by atoms with Crippen LogP contribution in [-0.2, 0) is 14.4 Å². The number of carbonyl (C=O) groups excluding carboxylic acids is 3. The average Bonchev–Trinajstić information content (AvgIpc) is 2.67. The number of amides is 2. The molecule has 0 bridgehead atoms. The zero-order chi connectivity index (χ0) is 18.1. The molecule has 0 radical (unpaired) electrons. The van der Waals surface area contributed by atoms with Gasteiger partial charge >= 0.3 is 0 Å². The molecule has 5 nitrogen and oxygen atoms in total. The minimum Gasteiger partial charge on any atom is -0.343 e. The van der Waals surface area contributed by atoms with Crippen LogP contribution >= 0.6 is 0 Å². The SMILES string of the molecule is CC(C)CC1(C)NC(=O)C(C(=O)Nc2ccccc2C(C)C)C1=O. The van der Waals surface area contributed by atoms with Gasteiger partial charge < -0.3 is 10.6 Å². The van der Waals surface area contributed by atoms with Crippen LogP contribution in [0, 0.1) is 11.8 Å². The van der Waals surface area contributed by atoms with Crippen molar-refractivity contribution >= 4 is 23.3 Å². The molecule has 1 fully saturated rings. The Morgan fingerprint density at radius 1 is 1.21 bits per heavy atom. The van der Waals surface area contributed by atoms with Crippen LogP contribution in [0.2, 0.25) is 0 Å². The molecule has 130 valence electrons. The number of carbonyl (C=O) groups is 3. The van der Waals surface area contributed by atoms with E-state index in [2.05, 4.69) is 10.6 Å². The predicted octanol–water partition coefficient (Wildman–Crippen LogP) is 2.87. The first-order valence-electron chi connectivity index (χ1n) is 8.42. The van der Waals surface area contributed by atoms with Crippen molar-refractivity contribution in [2.45, 2.75) is 52.5 Å². The Kier molecular flexibility index (Phi) is 5.11. The van der Waals surface area contributed by atoms with E-state index in [0.29, 0.717) is 12.1 Å². The lowest BCUT2D eigenvalue weighted by molar-refractivity contribution is -0.135. The standard InChI is InChI=1S/C19H26N2O3/c1-11(2)10-19(5)16(22)15(18(24)21-19)17(23)20-14-9-7-6-8-13(14)12(3)4/h6-9,11-12,15H,10H2,1-5H3,(H,20,23)(H,21,24). The summed E-state index contributed by atoms with van der Waals surface area (Å²) in [4.78, 5) is 37.5. The van der Waals surface area contributed by atoms with Gasteiger partial charge in [-0.05, 0) is 36.8 Å². The second kappa shape index (κ2) is 6.75. The van der Waals surface area contributed by atoms with E-state index in [4.69, 9.17) is 0 Å². The maximum Gasteiger partial charge on any atom is 0.244 e. The summed E-state index contributed by atoms with van der Waals surface area (Å²) in [7, 11) is 0. The van der Waals surface area contributed by atoms with E-state index in [9.17, 15) is 14.4 Å². The second-order valence-corrected chi connectivity index (χ2v) is 7.45. The third kappa shape index (κ3) is 3.50. The highest BCUT2D eigenvalue weighted by atomic mass is 16.2. The number of rotatable bonds is 5. The summed E-state index contributed by atoms with van der Waals surface area (Å²) in [6.45, 7) is 9.72. The molecule has 1 aromatic carbocycles. The third-order valence-corrected chi connectivity index (χ3v) is 4.39. The molecule has 2 N–H and O–H groups in total. The van der Waals surface area contributed by atoms with Gasteiger partial charge in [-0.25, -0.2) is 0 Å². The molecule has 2 atom stereocenters. The summed E-state index contributed by atoms with van der Waals surface area (Å²) in [6.07, 6.45) is 0.518. The number of nitrogens with one attached hydrogen (secondary N) is 2. The number of para-hydroxylation sites is 1. The van der Waals surface area contributed by atoms with Gasteiger partial charge in [0.05, 0.1) is 5.54 Å².